The Bertz CT molecular complexity index is 179. The molecule has 0 fully saturated rings. The van der Waals surface area contributed by atoms with Crippen molar-refractivity contribution in [2.75, 3.05) is 13.2 Å². The number of aliphatic imine (C=N–C) groups is 1. The van der Waals surface area contributed by atoms with E-state index < -0.39 is 0 Å². The molecule has 0 aliphatic rings. The molecular weight excluding hydrogens is 205 g/mol. The molecule has 0 heterocycles. The van der Waals surface area contributed by atoms with Crippen LogP contribution in [-0.2, 0) is 4.79 Å². The van der Waals surface area contributed by atoms with Gasteiger partial charge in [-0.2, -0.15) is 0 Å². The normalized spacial score (nSPS) is 10.1. The van der Waals surface area contributed by atoms with Crippen LogP contribution in [0.5, 0.6) is 0 Å². The van der Waals surface area contributed by atoms with Gasteiger partial charge in [-0.05, 0) is 12.8 Å². The molecule has 0 aliphatic carbocycles. The van der Waals surface area contributed by atoms with Crippen molar-refractivity contribution in [3.63, 3.8) is 0 Å². The quantitative estimate of drug-likeness (QED) is 0.280. The van der Waals surface area contributed by atoms with Gasteiger partial charge in [-0.25, -0.2) is 9.79 Å². The minimum absolute atomic E-state index is 0.163. The monoisotopic (exact) mass is 229 g/mol. The first-order valence-electron chi connectivity index (χ1n) is 6.51. The highest BCUT2D eigenvalue weighted by atomic mass is 19.1. The summed E-state index contributed by atoms with van der Waals surface area (Å²) in [5, 5.41) is 0. The number of carbonyl (C=O) groups excluding carboxylic acids is 1. The Balaban J connectivity index is 2.90. The van der Waals surface area contributed by atoms with E-state index in [-0.39, 0.29) is 6.67 Å². The highest BCUT2D eigenvalue weighted by Gasteiger charge is 1.92. The van der Waals surface area contributed by atoms with Crippen LogP contribution in [0.4, 0.5) is 4.39 Å². The first-order valence-corrected chi connectivity index (χ1v) is 6.51. The number of isocyanates is 1. The molecule has 2 nitrogen and oxygen atoms in total. The van der Waals surface area contributed by atoms with Crippen molar-refractivity contribution >= 4 is 6.08 Å². The van der Waals surface area contributed by atoms with Gasteiger partial charge in [0, 0.05) is 0 Å². The summed E-state index contributed by atoms with van der Waals surface area (Å²) in [5.74, 6) is 0. The summed E-state index contributed by atoms with van der Waals surface area (Å²) in [6.45, 7) is 0.468. The van der Waals surface area contributed by atoms with E-state index in [9.17, 15) is 9.18 Å². The molecule has 0 atom stereocenters. The van der Waals surface area contributed by atoms with Crippen LogP contribution in [-0.4, -0.2) is 19.3 Å². The summed E-state index contributed by atoms with van der Waals surface area (Å²) in [7, 11) is 0. The Morgan fingerprint density at radius 3 is 1.62 bits per heavy atom. The lowest BCUT2D eigenvalue weighted by Crippen LogP contribution is -1.84. The lowest BCUT2D eigenvalue weighted by atomic mass is 10.1. The van der Waals surface area contributed by atoms with Crippen LogP contribution in [0.1, 0.15) is 64.2 Å². The fourth-order valence-electron chi connectivity index (χ4n) is 1.75. The van der Waals surface area contributed by atoms with Gasteiger partial charge in [0.25, 0.3) is 0 Å². The van der Waals surface area contributed by atoms with Gasteiger partial charge < -0.3 is 0 Å². The molecule has 0 bridgehead atoms. The molecule has 0 N–H and O–H groups in total. The number of rotatable bonds is 12. The number of unbranched alkanes of at least 4 members (excludes halogenated alkanes) is 9. The zero-order chi connectivity index (χ0) is 11.9. The summed E-state index contributed by atoms with van der Waals surface area (Å²) >= 11 is 0. The van der Waals surface area contributed by atoms with Crippen molar-refractivity contribution in [2.24, 2.45) is 4.99 Å². The van der Waals surface area contributed by atoms with E-state index in [0.717, 1.165) is 25.7 Å². The molecule has 0 amide bonds. The topological polar surface area (TPSA) is 29.4 Å². The molecule has 0 saturated heterocycles. The number of hydrogen-bond donors (Lipinski definition) is 0. The van der Waals surface area contributed by atoms with Gasteiger partial charge in [-0.3, -0.25) is 4.39 Å². The molecular formula is C13H24FNO. The van der Waals surface area contributed by atoms with Crippen LogP contribution >= 0.6 is 0 Å². The maximum atomic E-state index is 11.8. The minimum atomic E-state index is -0.163. The Hall–Kier alpha value is -0.690. The third-order valence-corrected chi connectivity index (χ3v) is 2.72. The zero-order valence-electron chi connectivity index (χ0n) is 10.2. The standard InChI is InChI=1S/C13H24FNO/c14-11-9-7-5-3-1-2-4-6-8-10-12-15-13-16/h1-12H2. The highest BCUT2D eigenvalue weighted by Crippen LogP contribution is 2.10. The van der Waals surface area contributed by atoms with Gasteiger partial charge in [0.05, 0.1) is 13.2 Å². The summed E-state index contributed by atoms with van der Waals surface area (Å²) < 4.78 is 11.8. The Morgan fingerprint density at radius 2 is 1.19 bits per heavy atom. The van der Waals surface area contributed by atoms with Gasteiger partial charge in [0.15, 0.2) is 0 Å². The van der Waals surface area contributed by atoms with E-state index in [1.165, 1.54) is 38.5 Å². The maximum Gasteiger partial charge on any atom is 0.234 e. The predicted molar refractivity (Wildman–Crippen MR) is 65.1 cm³/mol. The van der Waals surface area contributed by atoms with E-state index in [0.29, 0.717) is 6.54 Å². The van der Waals surface area contributed by atoms with Crippen molar-refractivity contribution in [2.45, 2.75) is 64.2 Å². The molecule has 0 rings (SSSR count). The van der Waals surface area contributed by atoms with Gasteiger partial charge in [0.1, 0.15) is 0 Å². The lowest BCUT2D eigenvalue weighted by Gasteiger charge is -2.01. The molecule has 0 aromatic rings. The molecule has 0 aliphatic heterocycles. The largest absolute Gasteiger partial charge is 0.251 e. The van der Waals surface area contributed by atoms with Crippen LogP contribution in [0.15, 0.2) is 4.99 Å². The van der Waals surface area contributed by atoms with E-state index >= 15 is 0 Å². The summed E-state index contributed by atoms with van der Waals surface area (Å²) in [6.07, 6.45) is 13.0. The fourth-order valence-corrected chi connectivity index (χ4v) is 1.75. The third-order valence-electron chi connectivity index (χ3n) is 2.72. The predicted octanol–water partition coefficient (Wildman–Crippen LogP) is 4.19. The zero-order valence-corrected chi connectivity index (χ0v) is 10.2. The van der Waals surface area contributed by atoms with Crippen molar-refractivity contribution < 1.29 is 9.18 Å². The van der Waals surface area contributed by atoms with Gasteiger partial charge in [-0.1, -0.05) is 51.4 Å². The summed E-state index contributed by atoms with van der Waals surface area (Å²) in [4.78, 5) is 13.3. The molecule has 0 spiro atoms. The average molecular weight is 229 g/mol. The van der Waals surface area contributed by atoms with E-state index in [1.54, 1.807) is 6.08 Å². The van der Waals surface area contributed by atoms with Gasteiger partial charge in [0.2, 0.25) is 6.08 Å². The van der Waals surface area contributed by atoms with E-state index in [2.05, 4.69) is 4.99 Å². The van der Waals surface area contributed by atoms with Crippen LogP contribution in [0.2, 0.25) is 0 Å². The van der Waals surface area contributed by atoms with Gasteiger partial charge in [-0.15, -0.1) is 0 Å². The second-order valence-electron chi connectivity index (χ2n) is 4.20. The van der Waals surface area contributed by atoms with Crippen LogP contribution in [0, 0.1) is 0 Å². The second kappa shape index (κ2) is 14.3. The van der Waals surface area contributed by atoms with E-state index in [4.69, 9.17) is 0 Å². The SMILES string of the molecule is O=C=NCCCCCCCCCCCCF. The van der Waals surface area contributed by atoms with Crippen molar-refractivity contribution in [1.29, 1.82) is 0 Å². The number of halogens is 1. The molecule has 0 saturated carbocycles. The highest BCUT2D eigenvalue weighted by molar-refractivity contribution is 5.32. The number of hydrogen-bond acceptors (Lipinski definition) is 2. The van der Waals surface area contributed by atoms with Crippen molar-refractivity contribution in [3.8, 4) is 0 Å². The summed E-state index contributed by atoms with van der Waals surface area (Å²) in [6, 6.07) is 0. The Kier molecular flexibility index (Phi) is 13.7. The second-order valence-corrected chi connectivity index (χ2v) is 4.20. The summed E-state index contributed by atoms with van der Waals surface area (Å²) in [5.41, 5.74) is 0. The molecule has 94 valence electrons. The molecule has 0 radical (unpaired) electrons. The fraction of sp³-hybridized carbons (Fsp3) is 0.923. The van der Waals surface area contributed by atoms with Crippen LogP contribution in [0.25, 0.3) is 0 Å². The first kappa shape index (κ1) is 15.3. The van der Waals surface area contributed by atoms with Crippen molar-refractivity contribution in [3.05, 3.63) is 0 Å². The maximum absolute atomic E-state index is 11.8. The Morgan fingerprint density at radius 1 is 0.750 bits per heavy atom. The third kappa shape index (κ3) is 13.3. The molecule has 0 aromatic heterocycles. The lowest BCUT2D eigenvalue weighted by molar-refractivity contribution is 0.449. The van der Waals surface area contributed by atoms with E-state index in [1.807, 2.05) is 0 Å². The van der Waals surface area contributed by atoms with Gasteiger partial charge >= 0.3 is 0 Å². The minimum Gasteiger partial charge on any atom is -0.251 e. The average Bonchev–Trinajstić information content (AvgIpc) is 2.31. The number of alkyl halides is 1. The Labute approximate surface area is 98.3 Å². The molecule has 0 unspecified atom stereocenters. The molecule has 3 heteroatoms. The van der Waals surface area contributed by atoms with Crippen LogP contribution in [0.3, 0.4) is 0 Å². The van der Waals surface area contributed by atoms with Crippen molar-refractivity contribution in [1.82, 2.24) is 0 Å². The number of nitrogens with zero attached hydrogens (tertiary/aromatic N) is 1. The molecule has 0 aromatic carbocycles. The van der Waals surface area contributed by atoms with Crippen LogP contribution < -0.4 is 0 Å². The molecule has 16 heavy (non-hydrogen) atoms. The first-order chi connectivity index (χ1) is 7.91. The smallest absolute Gasteiger partial charge is 0.234 e.